The van der Waals surface area contributed by atoms with Crippen molar-refractivity contribution in [3.05, 3.63) is 34.9 Å². The minimum Gasteiger partial charge on any atom is -0.389 e. The normalized spacial score (nSPS) is 25.5. The zero-order valence-corrected chi connectivity index (χ0v) is 14.6. The molecule has 1 aromatic rings. The Kier molecular flexibility index (Phi) is 4.68. The average Bonchev–Trinajstić information content (AvgIpc) is 3.26. The number of amides is 1. The fourth-order valence-corrected chi connectivity index (χ4v) is 3.68. The molecule has 2 fully saturated rings. The van der Waals surface area contributed by atoms with Crippen LogP contribution in [0.1, 0.15) is 31.7 Å². The molecule has 0 spiro atoms. The van der Waals surface area contributed by atoms with Crippen molar-refractivity contribution in [1.82, 2.24) is 9.80 Å². The van der Waals surface area contributed by atoms with Gasteiger partial charge in [0.2, 0.25) is 5.91 Å². The number of piperazine rings is 1. The van der Waals surface area contributed by atoms with E-state index in [2.05, 4.69) is 11.0 Å². The molecule has 1 saturated carbocycles. The number of carbonyl (C=O) groups excluding carboxylic acids is 1. The molecule has 2 atom stereocenters. The molecule has 126 valence electrons. The van der Waals surface area contributed by atoms with Gasteiger partial charge in [0.05, 0.1) is 5.60 Å². The summed E-state index contributed by atoms with van der Waals surface area (Å²) in [6.07, 6.45) is 0.934. The minimum atomic E-state index is -0.680. The molecular weight excluding hydrogens is 312 g/mol. The third-order valence-electron chi connectivity index (χ3n) is 4.68. The van der Waals surface area contributed by atoms with Gasteiger partial charge >= 0.3 is 0 Å². The Morgan fingerprint density at radius 2 is 2.00 bits per heavy atom. The van der Waals surface area contributed by atoms with Crippen LogP contribution in [-0.4, -0.2) is 59.1 Å². The van der Waals surface area contributed by atoms with E-state index in [1.54, 1.807) is 0 Å². The molecule has 0 aromatic heterocycles. The SMILES string of the molecule is CC(C)(O)CN1CCN(C(=O)[C@H]2C[C@H]2c2cccc(Cl)c2)CC1. The van der Waals surface area contributed by atoms with Crippen LogP contribution in [0.2, 0.25) is 5.02 Å². The van der Waals surface area contributed by atoms with Crippen LogP contribution in [0.25, 0.3) is 0 Å². The van der Waals surface area contributed by atoms with Gasteiger partial charge in [-0.25, -0.2) is 0 Å². The van der Waals surface area contributed by atoms with Gasteiger partial charge in [0, 0.05) is 43.7 Å². The molecule has 3 rings (SSSR count). The Morgan fingerprint density at radius 1 is 1.30 bits per heavy atom. The second kappa shape index (κ2) is 6.42. The fourth-order valence-electron chi connectivity index (χ4n) is 3.48. The second-order valence-corrected chi connectivity index (χ2v) is 7.85. The summed E-state index contributed by atoms with van der Waals surface area (Å²) in [7, 11) is 0. The zero-order valence-electron chi connectivity index (χ0n) is 13.8. The molecule has 1 saturated heterocycles. The van der Waals surface area contributed by atoms with Crippen LogP contribution >= 0.6 is 11.6 Å². The molecule has 0 unspecified atom stereocenters. The van der Waals surface area contributed by atoms with Gasteiger partial charge in [0.1, 0.15) is 0 Å². The van der Waals surface area contributed by atoms with E-state index in [1.165, 1.54) is 5.56 Å². The first-order chi connectivity index (χ1) is 10.8. The van der Waals surface area contributed by atoms with Crippen LogP contribution in [0, 0.1) is 5.92 Å². The number of hydrogen-bond acceptors (Lipinski definition) is 3. The lowest BCUT2D eigenvalue weighted by Gasteiger charge is -2.37. The van der Waals surface area contributed by atoms with Crippen molar-refractivity contribution in [2.75, 3.05) is 32.7 Å². The number of β-amino-alcohol motifs (C(OH)–C–C–N with tert-alkyl or cyclic N) is 1. The smallest absolute Gasteiger partial charge is 0.226 e. The maximum absolute atomic E-state index is 12.6. The van der Waals surface area contributed by atoms with Crippen molar-refractivity contribution in [1.29, 1.82) is 0 Å². The summed E-state index contributed by atoms with van der Waals surface area (Å²) in [6, 6.07) is 7.85. The number of hydrogen-bond donors (Lipinski definition) is 1. The Balaban J connectivity index is 1.51. The summed E-state index contributed by atoms with van der Waals surface area (Å²) in [5, 5.41) is 10.6. The van der Waals surface area contributed by atoms with Gasteiger partial charge < -0.3 is 10.0 Å². The predicted octanol–water partition coefficient (Wildman–Crippen LogP) is 2.36. The summed E-state index contributed by atoms with van der Waals surface area (Å²) in [4.78, 5) is 16.9. The number of nitrogens with zero attached hydrogens (tertiary/aromatic N) is 2. The molecule has 1 aliphatic heterocycles. The summed E-state index contributed by atoms with van der Waals surface area (Å²) in [5.74, 6) is 0.725. The molecule has 1 N–H and O–H groups in total. The van der Waals surface area contributed by atoms with Crippen molar-refractivity contribution in [3.63, 3.8) is 0 Å². The lowest BCUT2D eigenvalue weighted by molar-refractivity contribution is -0.134. The molecule has 1 amide bonds. The summed E-state index contributed by atoms with van der Waals surface area (Å²) < 4.78 is 0. The Hall–Kier alpha value is -1.10. The number of halogens is 1. The average molecular weight is 337 g/mol. The first-order valence-corrected chi connectivity index (χ1v) is 8.70. The van der Waals surface area contributed by atoms with Crippen molar-refractivity contribution in [3.8, 4) is 0 Å². The highest BCUT2D eigenvalue weighted by molar-refractivity contribution is 6.30. The molecule has 4 nitrogen and oxygen atoms in total. The predicted molar refractivity (Wildman–Crippen MR) is 91.6 cm³/mol. The van der Waals surface area contributed by atoms with Gasteiger partial charge in [0.15, 0.2) is 0 Å². The fraction of sp³-hybridized carbons (Fsp3) is 0.611. The summed E-state index contributed by atoms with van der Waals surface area (Å²) in [5.41, 5.74) is 0.497. The van der Waals surface area contributed by atoms with Crippen LogP contribution in [0.15, 0.2) is 24.3 Å². The molecular formula is C18H25ClN2O2. The van der Waals surface area contributed by atoms with Crippen molar-refractivity contribution < 1.29 is 9.90 Å². The number of carbonyl (C=O) groups is 1. The van der Waals surface area contributed by atoms with Crippen LogP contribution < -0.4 is 0 Å². The highest BCUT2D eigenvalue weighted by atomic mass is 35.5. The highest BCUT2D eigenvalue weighted by Gasteiger charge is 2.46. The minimum absolute atomic E-state index is 0.120. The first-order valence-electron chi connectivity index (χ1n) is 8.32. The lowest BCUT2D eigenvalue weighted by Crippen LogP contribution is -2.52. The third kappa shape index (κ3) is 4.25. The maximum Gasteiger partial charge on any atom is 0.226 e. The number of rotatable bonds is 4. The molecule has 5 heteroatoms. The van der Waals surface area contributed by atoms with Crippen molar-refractivity contribution in [2.24, 2.45) is 5.92 Å². The highest BCUT2D eigenvalue weighted by Crippen LogP contribution is 2.48. The van der Waals surface area contributed by atoms with E-state index in [-0.39, 0.29) is 11.8 Å². The van der Waals surface area contributed by atoms with E-state index < -0.39 is 5.60 Å². The van der Waals surface area contributed by atoms with Crippen molar-refractivity contribution in [2.45, 2.75) is 31.8 Å². The monoisotopic (exact) mass is 336 g/mol. The van der Waals surface area contributed by atoms with E-state index in [0.717, 1.165) is 37.6 Å². The van der Waals surface area contributed by atoms with E-state index in [4.69, 9.17) is 11.6 Å². The van der Waals surface area contributed by atoms with Crippen LogP contribution in [0.5, 0.6) is 0 Å². The van der Waals surface area contributed by atoms with Gasteiger partial charge in [0.25, 0.3) is 0 Å². The Bertz CT molecular complexity index is 577. The molecule has 0 radical (unpaired) electrons. The van der Waals surface area contributed by atoms with Gasteiger partial charge in [-0.2, -0.15) is 0 Å². The molecule has 1 heterocycles. The number of benzene rings is 1. The van der Waals surface area contributed by atoms with Crippen LogP contribution in [0.3, 0.4) is 0 Å². The van der Waals surface area contributed by atoms with E-state index >= 15 is 0 Å². The molecule has 2 aliphatic rings. The lowest BCUT2D eigenvalue weighted by atomic mass is 10.1. The molecule has 0 bridgehead atoms. The van der Waals surface area contributed by atoms with E-state index in [0.29, 0.717) is 12.5 Å². The summed E-state index contributed by atoms with van der Waals surface area (Å²) in [6.45, 7) is 7.49. The van der Waals surface area contributed by atoms with Gasteiger partial charge in [-0.05, 0) is 43.9 Å². The van der Waals surface area contributed by atoms with E-state index in [9.17, 15) is 9.90 Å². The zero-order chi connectivity index (χ0) is 16.6. The number of aliphatic hydroxyl groups is 1. The molecule has 23 heavy (non-hydrogen) atoms. The second-order valence-electron chi connectivity index (χ2n) is 7.42. The van der Waals surface area contributed by atoms with Gasteiger partial charge in [-0.1, -0.05) is 23.7 Å². The van der Waals surface area contributed by atoms with Gasteiger partial charge in [-0.15, -0.1) is 0 Å². The largest absolute Gasteiger partial charge is 0.389 e. The summed E-state index contributed by atoms with van der Waals surface area (Å²) >= 11 is 6.04. The quantitative estimate of drug-likeness (QED) is 0.918. The van der Waals surface area contributed by atoms with Crippen molar-refractivity contribution >= 4 is 17.5 Å². The first kappa shape index (κ1) is 16.7. The standard InChI is InChI=1S/C18H25ClN2O2/c1-18(2,23)12-20-6-8-21(9-7-20)17(22)16-11-15(16)13-4-3-5-14(19)10-13/h3-5,10,15-16,23H,6-9,11-12H2,1-2H3/t15-,16-/m0/s1. The Labute approximate surface area is 143 Å². The van der Waals surface area contributed by atoms with E-state index in [1.807, 2.05) is 36.9 Å². The van der Waals surface area contributed by atoms with Crippen LogP contribution in [0.4, 0.5) is 0 Å². The van der Waals surface area contributed by atoms with Crippen LogP contribution in [-0.2, 0) is 4.79 Å². The van der Waals surface area contributed by atoms with Gasteiger partial charge in [-0.3, -0.25) is 9.69 Å². The third-order valence-corrected chi connectivity index (χ3v) is 4.91. The topological polar surface area (TPSA) is 43.8 Å². The Morgan fingerprint density at radius 3 is 2.61 bits per heavy atom. The molecule has 1 aliphatic carbocycles. The maximum atomic E-state index is 12.6. The molecule has 1 aromatic carbocycles.